The summed E-state index contributed by atoms with van der Waals surface area (Å²) in [4.78, 5) is 18.0. The Morgan fingerprint density at radius 2 is 1.91 bits per heavy atom. The summed E-state index contributed by atoms with van der Waals surface area (Å²) in [5, 5.41) is 7.24. The molecule has 33 heavy (non-hydrogen) atoms. The molecule has 2 aliphatic rings. The lowest BCUT2D eigenvalue weighted by Gasteiger charge is -2.27. The monoisotopic (exact) mass is 453 g/mol. The molecule has 0 aromatic carbocycles. The Morgan fingerprint density at radius 3 is 2.55 bits per heavy atom. The van der Waals surface area contributed by atoms with E-state index < -0.39 is 0 Å². The molecule has 2 fully saturated rings. The topological polar surface area (TPSA) is 79.0 Å². The SMILES string of the molecule is C=NC(=NCC/C(=C/C)N=CC)Nc1c(CNC2CCC(C)CC2)ncn1C1CC[C@@H](C)C1. The van der Waals surface area contributed by atoms with Gasteiger partial charge in [-0.25, -0.2) is 9.98 Å². The highest BCUT2D eigenvalue weighted by Gasteiger charge is 2.27. The van der Waals surface area contributed by atoms with E-state index in [2.05, 4.69) is 50.7 Å². The molecule has 2 saturated carbocycles. The number of guanidine groups is 1. The zero-order valence-corrected chi connectivity index (χ0v) is 21.1. The molecule has 0 bridgehead atoms. The van der Waals surface area contributed by atoms with Gasteiger partial charge in [0.05, 0.1) is 12.0 Å². The summed E-state index contributed by atoms with van der Waals surface area (Å²) in [6, 6.07) is 1.05. The van der Waals surface area contributed by atoms with E-state index in [1.54, 1.807) is 0 Å². The van der Waals surface area contributed by atoms with E-state index in [1.807, 2.05) is 32.5 Å². The Labute approximate surface area is 200 Å². The van der Waals surface area contributed by atoms with E-state index in [9.17, 15) is 0 Å². The van der Waals surface area contributed by atoms with E-state index in [4.69, 9.17) is 4.98 Å². The molecular formula is C26H43N7. The maximum absolute atomic E-state index is 4.81. The summed E-state index contributed by atoms with van der Waals surface area (Å²) in [6.45, 7) is 13.8. The molecular weight excluding hydrogens is 410 g/mol. The van der Waals surface area contributed by atoms with Crippen LogP contribution in [0.2, 0.25) is 0 Å². The zero-order chi connectivity index (χ0) is 23.6. The fourth-order valence-electron chi connectivity index (χ4n) is 5.04. The van der Waals surface area contributed by atoms with Crippen LogP contribution >= 0.6 is 0 Å². The Hall–Kier alpha value is -2.28. The number of imidazole rings is 1. The third-order valence-electron chi connectivity index (χ3n) is 7.14. The number of anilines is 1. The number of allylic oxidation sites excluding steroid dienone is 1. The van der Waals surface area contributed by atoms with E-state index in [0.717, 1.165) is 42.0 Å². The van der Waals surface area contributed by atoms with E-state index in [-0.39, 0.29) is 0 Å². The van der Waals surface area contributed by atoms with Crippen molar-refractivity contribution in [3.63, 3.8) is 0 Å². The molecule has 2 atom stereocenters. The van der Waals surface area contributed by atoms with Crippen molar-refractivity contribution in [1.82, 2.24) is 14.9 Å². The number of nitrogens with zero attached hydrogens (tertiary/aromatic N) is 5. The number of aliphatic imine (C=N–C) groups is 3. The molecule has 0 radical (unpaired) electrons. The molecule has 2 N–H and O–H groups in total. The van der Waals surface area contributed by atoms with Gasteiger partial charge in [-0.05, 0) is 77.3 Å². The normalized spacial score (nSPS) is 26.8. The minimum absolute atomic E-state index is 0.471. The molecule has 7 nitrogen and oxygen atoms in total. The first-order valence-corrected chi connectivity index (χ1v) is 12.7. The quantitative estimate of drug-likeness (QED) is 0.368. The summed E-state index contributed by atoms with van der Waals surface area (Å²) < 4.78 is 2.31. The first-order valence-electron chi connectivity index (χ1n) is 12.7. The second kappa shape index (κ2) is 12.8. The van der Waals surface area contributed by atoms with Crippen LogP contribution in [0.25, 0.3) is 0 Å². The molecule has 1 heterocycles. The molecule has 3 rings (SSSR count). The highest BCUT2D eigenvalue weighted by atomic mass is 15.2. The molecule has 1 aromatic rings. The number of rotatable bonds is 9. The van der Waals surface area contributed by atoms with E-state index in [0.29, 0.717) is 24.6 Å². The Kier molecular flexibility index (Phi) is 9.85. The Bertz CT molecular complexity index is 843. The molecule has 0 aliphatic heterocycles. The molecule has 1 unspecified atom stereocenters. The number of hydrogen-bond acceptors (Lipinski definition) is 4. The minimum atomic E-state index is 0.471. The highest BCUT2D eigenvalue weighted by molar-refractivity contribution is 5.96. The van der Waals surface area contributed by atoms with Crippen LogP contribution in [0.4, 0.5) is 5.82 Å². The van der Waals surface area contributed by atoms with Crippen LogP contribution < -0.4 is 10.6 Å². The van der Waals surface area contributed by atoms with E-state index in [1.165, 1.54) is 44.9 Å². The molecule has 182 valence electrons. The molecule has 0 saturated heterocycles. The maximum Gasteiger partial charge on any atom is 0.223 e. The molecule has 1 aromatic heterocycles. The van der Waals surface area contributed by atoms with Crippen molar-refractivity contribution in [2.45, 2.75) is 97.7 Å². The van der Waals surface area contributed by atoms with Gasteiger partial charge in [-0.2, -0.15) is 0 Å². The zero-order valence-electron chi connectivity index (χ0n) is 21.1. The largest absolute Gasteiger partial charge is 0.314 e. The average Bonchev–Trinajstić information content (AvgIpc) is 3.42. The van der Waals surface area contributed by atoms with Gasteiger partial charge in [-0.3, -0.25) is 9.98 Å². The van der Waals surface area contributed by atoms with Crippen molar-refractivity contribution < 1.29 is 0 Å². The minimum Gasteiger partial charge on any atom is -0.314 e. The van der Waals surface area contributed by atoms with Gasteiger partial charge in [0.1, 0.15) is 5.82 Å². The summed E-state index contributed by atoms with van der Waals surface area (Å²) in [7, 11) is 0. The average molecular weight is 454 g/mol. The van der Waals surface area contributed by atoms with Gasteiger partial charge >= 0.3 is 0 Å². The lowest BCUT2D eigenvalue weighted by molar-refractivity contribution is 0.306. The van der Waals surface area contributed by atoms with Gasteiger partial charge in [0.2, 0.25) is 5.96 Å². The van der Waals surface area contributed by atoms with E-state index >= 15 is 0 Å². The first-order chi connectivity index (χ1) is 16.0. The predicted molar refractivity (Wildman–Crippen MR) is 141 cm³/mol. The fraction of sp³-hybridized carbons (Fsp3) is 0.692. The highest BCUT2D eigenvalue weighted by Crippen LogP contribution is 2.37. The van der Waals surface area contributed by atoms with Gasteiger partial charge in [-0.15, -0.1) is 0 Å². The fourth-order valence-corrected chi connectivity index (χ4v) is 5.04. The smallest absolute Gasteiger partial charge is 0.223 e. The van der Waals surface area contributed by atoms with Crippen LogP contribution in [-0.4, -0.2) is 41.0 Å². The molecule has 7 heteroatoms. The second-order valence-electron chi connectivity index (χ2n) is 9.76. The van der Waals surface area contributed by atoms with Crippen molar-refractivity contribution in [2.75, 3.05) is 11.9 Å². The van der Waals surface area contributed by atoms with Crippen molar-refractivity contribution in [2.24, 2.45) is 26.8 Å². The lowest BCUT2D eigenvalue weighted by Crippen LogP contribution is -2.32. The summed E-state index contributed by atoms with van der Waals surface area (Å²) in [5.41, 5.74) is 2.07. The van der Waals surface area contributed by atoms with Gasteiger partial charge in [0, 0.05) is 43.5 Å². The first kappa shape index (κ1) is 25.3. The molecule has 2 aliphatic carbocycles. The summed E-state index contributed by atoms with van der Waals surface area (Å²) >= 11 is 0. The van der Waals surface area contributed by atoms with Crippen LogP contribution in [0.15, 0.2) is 33.1 Å². The van der Waals surface area contributed by atoms with Crippen LogP contribution in [0.3, 0.4) is 0 Å². The second-order valence-corrected chi connectivity index (χ2v) is 9.76. The Balaban J connectivity index is 1.72. The summed E-state index contributed by atoms with van der Waals surface area (Å²) in [6.07, 6.45) is 15.4. The van der Waals surface area contributed by atoms with Crippen LogP contribution in [0.5, 0.6) is 0 Å². The van der Waals surface area contributed by atoms with Crippen LogP contribution in [-0.2, 0) is 6.54 Å². The van der Waals surface area contributed by atoms with Crippen molar-refractivity contribution in [3.05, 3.63) is 23.8 Å². The van der Waals surface area contributed by atoms with Crippen LogP contribution in [0.1, 0.15) is 90.8 Å². The molecule has 0 spiro atoms. The lowest BCUT2D eigenvalue weighted by atomic mass is 9.87. The summed E-state index contributed by atoms with van der Waals surface area (Å²) in [5.74, 6) is 3.16. The van der Waals surface area contributed by atoms with Gasteiger partial charge in [0.15, 0.2) is 0 Å². The van der Waals surface area contributed by atoms with Gasteiger partial charge in [0.25, 0.3) is 0 Å². The van der Waals surface area contributed by atoms with Crippen molar-refractivity contribution >= 4 is 24.7 Å². The molecule has 0 amide bonds. The number of hydrogen-bond donors (Lipinski definition) is 2. The number of aromatic nitrogens is 2. The van der Waals surface area contributed by atoms with Crippen molar-refractivity contribution in [3.8, 4) is 0 Å². The third-order valence-corrected chi connectivity index (χ3v) is 7.14. The van der Waals surface area contributed by atoms with Crippen LogP contribution in [0, 0.1) is 11.8 Å². The number of nitrogens with one attached hydrogen (secondary N) is 2. The Morgan fingerprint density at radius 1 is 1.15 bits per heavy atom. The third kappa shape index (κ3) is 7.36. The van der Waals surface area contributed by atoms with Crippen molar-refractivity contribution in [1.29, 1.82) is 0 Å². The van der Waals surface area contributed by atoms with Gasteiger partial charge < -0.3 is 15.2 Å². The standard InChI is InChI=1S/C26H43N7/c1-6-21(28-7-2)14-15-29-26(27-5)32-25-24(17-30-22-11-8-19(3)9-12-22)31-18-33(25)23-13-10-20(4)16-23/h6-7,18-20,22-23,30H,5,8-17H2,1-4H3,(H,29,32)/b21-6-,28-7?/t19?,20-,22?,23?/m1/s1. The van der Waals surface area contributed by atoms with Gasteiger partial charge in [-0.1, -0.05) is 19.9 Å². The predicted octanol–water partition coefficient (Wildman–Crippen LogP) is 5.77. The maximum atomic E-state index is 4.81.